The summed E-state index contributed by atoms with van der Waals surface area (Å²) < 4.78 is 22.7. The number of methoxy groups -OCH3 is 3. The van der Waals surface area contributed by atoms with Crippen LogP contribution < -0.4 is 29.6 Å². The van der Waals surface area contributed by atoms with Crippen LogP contribution in [0.2, 0.25) is 0 Å². The van der Waals surface area contributed by atoms with Gasteiger partial charge in [0.1, 0.15) is 6.10 Å². The molecule has 1 amide bonds. The molecule has 0 spiro atoms. The van der Waals surface area contributed by atoms with Gasteiger partial charge in [0, 0.05) is 25.2 Å². The maximum absolute atomic E-state index is 12.2. The molecule has 0 radical (unpaired) electrons. The smallest absolute Gasteiger partial charge is 0.253 e. The molecule has 8 heteroatoms. The predicted octanol–water partition coefficient (Wildman–Crippen LogP) is 3.89. The Morgan fingerprint density at radius 2 is 1.75 bits per heavy atom. The molecule has 0 bridgehead atoms. The van der Waals surface area contributed by atoms with E-state index in [0.717, 1.165) is 16.9 Å². The lowest BCUT2D eigenvalue weighted by atomic mass is 10.0. The highest BCUT2D eigenvalue weighted by molar-refractivity contribution is 6.00. The lowest BCUT2D eigenvalue weighted by molar-refractivity contribution is 0.0964. The van der Waals surface area contributed by atoms with Gasteiger partial charge in [0.05, 0.1) is 44.0 Å². The number of nitrogens with one attached hydrogen (secondary N) is 2. The first-order valence-corrected chi connectivity index (χ1v) is 10.1. The van der Waals surface area contributed by atoms with Crippen molar-refractivity contribution in [1.29, 1.82) is 0 Å². The second-order valence-corrected chi connectivity index (χ2v) is 7.15. The number of pyridine rings is 1. The summed E-state index contributed by atoms with van der Waals surface area (Å²) in [5, 5.41) is 5.99. The number of rotatable bonds is 7. The fourth-order valence-electron chi connectivity index (χ4n) is 3.77. The second kappa shape index (κ2) is 9.05. The molecule has 1 unspecified atom stereocenters. The van der Waals surface area contributed by atoms with E-state index in [0.29, 0.717) is 40.7 Å². The van der Waals surface area contributed by atoms with E-state index in [-0.39, 0.29) is 12.0 Å². The third kappa shape index (κ3) is 3.87. The first kappa shape index (κ1) is 21.3. The van der Waals surface area contributed by atoms with E-state index in [4.69, 9.17) is 18.9 Å². The summed E-state index contributed by atoms with van der Waals surface area (Å²) in [5.74, 6) is 2.13. The minimum Gasteiger partial charge on any atom is -0.493 e. The molecule has 2 aromatic carbocycles. The van der Waals surface area contributed by atoms with Gasteiger partial charge in [0.2, 0.25) is 5.75 Å². The summed E-state index contributed by atoms with van der Waals surface area (Å²) in [7, 11) is 6.34. The van der Waals surface area contributed by atoms with E-state index in [1.54, 1.807) is 40.6 Å². The van der Waals surface area contributed by atoms with Crippen LogP contribution in [0.4, 0.5) is 11.4 Å². The summed E-state index contributed by atoms with van der Waals surface area (Å²) in [6.45, 7) is 0. The van der Waals surface area contributed by atoms with Crippen LogP contribution in [-0.2, 0) is 6.42 Å². The molecule has 32 heavy (non-hydrogen) atoms. The molecule has 0 saturated carbocycles. The van der Waals surface area contributed by atoms with Crippen LogP contribution in [0, 0.1) is 0 Å². The van der Waals surface area contributed by atoms with Gasteiger partial charge in [-0.2, -0.15) is 0 Å². The van der Waals surface area contributed by atoms with Crippen LogP contribution in [0.15, 0.2) is 48.7 Å². The first-order valence-electron chi connectivity index (χ1n) is 10.1. The molecule has 8 nitrogen and oxygen atoms in total. The van der Waals surface area contributed by atoms with Crippen molar-refractivity contribution < 1.29 is 23.7 Å². The molecule has 166 valence electrons. The van der Waals surface area contributed by atoms with Crippen LogP contribution >= 0.6 is 0 Å². The summed E-state index contributed by atoms with van der Waals surface area (Å²) in [6, 6.07) is 12.9. The van der Waals surface area contributed by atoms with Crippen molar-refractivity contribution in [2.75, 3.05) is 33.7 Å². The van der Waals surface area contributed by atoms with Crippen molar-refractivity contribution >= 4 is 17.3 Å². The number of amides is 1. The number of anilines is 2. The van der Waals surface area contributed by atoms with E-state index >= 15 is 0 Å². The van der Waals surface area contributed by atoms with E-state index in [1.165, 1.54) is 0 Å². The number of para-hydroxylation sites is 1. The Hall–Kier alpha value is -3.94. The quantitative estimate of drug-likeness (QED) is 0.582. The lowest BCUT2D eigenvalue weighted by Crippen LogP contribution is -2.19. The maximum atomic E-state index is 12.2. The van der Waals surface area contributed by atoms with Gasteiger partial charge in [-0.1, -0.05) is 12.1 Å². The molecule has 1 aliphatic heterocycles. The van der Waals surface area contributed by atoms with E-state index in [2.05, 4.69) is 15.6 Å². The second-order valence-electron chi connectivity index (χ2n) is 7.15. The van der Waals surface area contributed by atoms with Crippen LogP contribution in [-0.4, -0.2) is 39.3 Å². The van der Waals surface area contributed by atoms with Crippen molar-refractivity contribution in [3.8, 4) is 23.0 Å². The molecule has 2 N–H and O–H groups in total. The van der Waals surface area contributed by atoms with Gasteiger partial charge >= 0.3 is 0 Å². The minimum atomic E-state index is -0.275. The predicted molar refractivity (Wildman–Crippen MR) is 121 cm³/mol. The van der Waals surface area contributed by atoms with E-state index < -0.39 is 0 Å². The fourth-order valence-corrected chi connectivity index (χ4v) is 3.77. The highest BCUT2D eigenvalue weighted by atomic mass is 16.5. The zero-order valence-electron chi connectivity index (χ0n) is 18.4. The summed E-state index contributed by atoms with van der Waals surface area (Å²) in [5.41, 5.74) is 3.67. The minimum absolute atomic E-state index is 0.171. The number of ether oxygens (including phenoxy) is 4. The van der Waals surface area contributed by atoms with Crippen molar-refractivity contribution in [2.24, 2.45) is 0 Å². The van der Waals surface area contributed by atoms with Gasteiger partial charge in [-0.25, -0.2) is 0 Å². The largest absolute Gasteiger partial charge is 0.493 e. The molecular formula is C24H25N3O5. The summed E-state index contributed by atoms with van der Waals surface area (Å²) >= 11 is 0. The van der Waals surface area contributed by atoms with Crippen molar-refractivity contribution in [3.05, 3.63) is 65.5 Å². The van der Waals surface area contributed by atoms with Crippen molar-refractivity contribution in [2.45, 2.75) is 12.5 Å². The maximum Gasteiger partial charge on any atom is 0.253 e. The van der Waals surface area contributed by atoms with Crippen LogP contribution in [0.1, 0.15) is 27.7 Å². The molecule has 1 aliphatic rings. The first-order chi connectivity index (χ1) is 15.6. The number of carbonyl (C=O) groups excluding carboxylic acids is 1. The number of nitrogens with zero attached hydrogens (tertiary/aromatic N) is 1. The third-order valence-electron chi connectivity index (χ3n) is 5.34. The lowest BCUT2D eigenvalue weighted by Gasteiger charge is -2.18. The van der Waals surface area contributed by atoms with Gasteiger partial charge < -0.3 is 29.6 Å². The van der Waals surface area contributed by atoms with Gasteiger partial charge in [-0.3, -0.25) is 9.78 Å². The zero-order chi connectivity index (χ0) is 22.7. The molecule has 0 aliphatic carbocycles. The molecule has 0 fully saturated rings. The average Bonchev–Trinajstić information content (AvgIpc) is 3.28. The highest BCUT2D eigenvalue weighted by Crippen LogP contribution is 2.45. The molecule has 1 atom stereocenters. The number of benzene rings is 2. The number of fused-ring (bicyclic) bond motifs is 1. The van der Waals surface area contributed by atoms with Gasteiger partial charge in [0.25, 0.3) is 5.91 Å². The van der Waals surface area contributed by atoms with Crippen molar-refractivity contribution in [3.63, 3.8) is 0 Å². The van der Waals surface area contributed by atoms with Gasteiger partial charge in [0.15, 0.2) is 17.2 Å². The fraction of sp³-hybridized carbons (Fsp3) is 0.250. The Labute approximate surface area is 186 Å². The van der Waals surface area contributed by atoms with Crippen LogP contribution in [0.25, 0.3) is 0 Å². The Bertz CT molecular complexity index is 1120. The van der Waals surface area contributed by atoms with Gasteiger partial charge in [-0.15, -0.1) is 0 Å². The summed E-state index contributed by atoms with van der Waals surface area (Å²) in [4.78, 5) is 16.7. The third-order valence-corrected chi connectivity index (χ3v) is 5.34. The number of carbonyl (C=O) groups is 1. The molecular weight excluding hydrogens is 410 g/mol. The normalized spacial score (nSPS) is 14.2. The van der Waals surface area contributed by atoms with E-state index in [9.17, 15) is 4.79 Å². The summed E-state index contributed by atoms with van der Waals surface area (Å²) in [6.07, 6.45) is 2.04. The molecule has 0 saturated heterocycles. The van der Waals surface area contributed by atoms with Gasteiger partial charge in [-0.05, 0) is 30.3 Å². The van der Waals surface area contributed by atoms with Crippen LogP contribution in [0.3, 0.4) is 0 Å². The SMILES string of the molecule is CNC(=O)c1ccccc1Nc1ccnc2c1OC(c1cc(OC)c(OC)c(OC)c1)C2. The Kier molecular flexibility index (Phi) is 6.02. The Balaban J connectivity index is 1.65. The number of hydrogen-bond acceptors (Lipinski definition) is 7. The Morgan fingerprint density at radius 3 is 2.41 bits per heavy atom. The van der Waals surface area contributed by atoms with Crippen LogP contribution in [0.5, 0.6) is 23.0 Å². The highest BCUT2D eigenvalue weighted by Gasteiger charge is 2.30. The van der Waals surface area contributed by atoms with E-state index in [1.807, 2.05) is 36.4 Å². The monoisotopic (exact) mass is 435 g/mol. The number of aromatic nitrogens is 1. The molecule has 2 heterocycles. The average molecular weight is 435 g/mol. The Morgan fingerprint density at radius 1 is 1.03 bits per heavy atom. The number of hydrogen-bond donors (Lipinski definition) is 2. The van der Waals surface area contributed by atoms with Crippen molar-refractivity contribution in [1.82, 2.24) is 10.3 Å². The molecule has 4 rings (SSSR count). The standard InChI is InChI=1S/C24H25N3O5/c1-25-24(28)15-7-5-6-8-16(15)27-17-9-10-26-18-13-19(32-22(17)18)14-11-20(29-2)23(31-4)21(12-14)30-3/h5-12,19H,13H2,1-4H3,(H,25,28)(H,26,27). The zero-order valence-corrected chi connectivity index (χ0v) is 18.4. The molecule has 3 aromatic rings. The topological polar surface area (TPSA) is 90.9 Å². The molecule has 1 aromatic heterocycles.